The van der Waals surface area contributed by atoms with Gasteiger partial charge >= 0.3 is 0 Å². The number of rotatable bonds is 6. The summed E-state index contributed by atoms with van der Waals surface area (Å²) in [4.78, 5) is 8.91. The van der Waals surface area contributed by atoms with Crippen molar-refractivity contribution < 1.29 is 0 Å². The number of hydrogen-bond acceptors (Lipinski definition) is 2. The van der Waals surface area contributed by atoms with E-state index in [9.17, 15) is 0 Å². The van der Waals surface area contributed by atoms with Crippen LogP contribution in [0.15, 0.2) is 42.7 Å². The third-order valence-corrected chi connectivity index (χ3v) is 3.44. The Morgan fingerprint density at radius 2 is 1.57 bits per heavy atom. The van der Waals surface area contributed by atoms with Crippen molar-refractivity contribution >= 4 is 0 Å². The van der Waals surface area contributed by atoms with Gasteiger partial charge in [-0.25, -0.2) is 9.97 Å². The summed E-state index contributed by atoms with van der Waals surface area (Å²) in [5, 5.41) is 0. The summed E-state index contributed by atoms with van der Waals surface area (Å²) in [7, 11) is 0. The van der Waals surface area contributed by atoms with E-state index in [1.807, 2.05) is 46.2 Å². The molecule has 0 amide bonds. The highest BCUT2D eigenvalue weighted by Crippen LogP contribution is 2.27. The lowest BCUT2D eigenvalue weighted by Gasteiger charge is -2.16. The van der Waals surface area contributed by atoms with E-state index >= 15 is 0 Å². The molecule has 0 N–H and O–H groups in total. The number of hydrogen-bond donors (Lipinski definition) is 0. The zero-order valence-electron chi connectivity index (χ0n) is 15.8. The quantitative estimate of drug-likeness (QED) is 0.565. The van der Waals surface area contributed by atoms with E-state index < -0.39 is 0 Å². The highest BCUT2D eigenvalue weighted by Gasteiger charge is 2.16. The number of unbranched alkanes of at least 4 members (excludes halogenated alkanes) is 2. The minimum absolute atomic E-state index is 0.327. The molecule has 2 rings (SSSR count). The Hall–Kier alpha value is -1.70. The lowest BCUT2D eigenvalue weighted by atomic mass is 9.91. The van der Waals surface area contributed by atoms with Gasteiger partial charge in [0, 0.05) is 18.3 Å². The van der Waals surface area contributed by atoms with Gasteiger partial charge < -0.3 is 0 Å². The van der Waals surface area contributed by atoms with Crippen LogP contribution in [0, 0.1) is 6.92 Å². The molecule has 128 valence electrons. The topological polar surface area (TPSA) is 25.8 Å². The molecular weight excluding hydrogens is 280 g/mol. The van der Waals surface area contributed by atoms with E-state index in [1.165, 1.54) is 30.4 Å². The molecule has 0 fully saturated rings. The Morgan fingerprint density at radius 1 is 0.913 bits per heavy atom. The van der Waals surface area contributed by atoms with Gasteiger partial charge in [0.25, 0.3) is 0 Å². The van der Waals surface area contributed by atoms with Crippen molar-refractivity contribution in [3.8, 4) is 0 Å². The van der Waals surface area contributed by atoms with Gasteiger partial charge in [-0.3, -0.25) is 0 Å². The average molecular weight is 315 g/mol. The summed E-state index contributed by atoms with van der Waals surface area (Å²) in [6.07, 6.45) is 8.55. The Kier molecular flexibility index (Phi) is 12.9. The van der Waals surface area contributed by atoms with E-state index in [0.29, 0.717) is 5.92 Å². The van der Waals surface area contributed by atoms with Crippen LogP contribution in [0.4, 0.5) is 0 Å². The molecule has 0 saturated carbocycles. The van der Waals surface area contributed by atoms with Crippen LogP contribution in [-0.4, -0.2) is 9.97 Å². The van der Waals surface area contributed by atoms with Crippen molar-refractivity contribution in [2.24, 2.45) is 0 Å². The minimum Gasteiger partial charge on any atom is -0.241 e. The Bertz CT molecular complexity index is 494. The molecule has 2 heteroatoms. The SMILES string of the molecule is CC.CC.CCCCCC(c1cccc(C)c1)c1ncccn1. The maximum Gasteiger partial charge on any atom is 0.135 e. The van der Waals surface area contributed by atoms with Crippen molar-refractivity contribution in [2.45, 2.75) is 73.1 Å². The summed E-state index contributed by atoms with van der Waals surface area (Å²) in [6, 6.07) is 10.6. The van der Waals surface area contributed by atoms with Crippen LogP contribution in [0.2, 0.25) is 0 Å². The normalized spacial score (nSPS) is 10.7. The van der Waals surface area contributed by atoms with E-state index in [0.717, 1.165) is 12.2 Å². The second-order valence-electron chi connectivity index (χ2n) is 5.07. The fourth-order valence-electron chi connectivity index (χ4n) is 2.42. The van der Waals surface area contributed by atoms with Crippen molar-refractivity contribution in [3.05, 3.63) is 59.7 Å². The molecular formula is C21H34N2. The standard InChI is InChI=1S/C17H22N2.2C2H6/c1-3-4-5-10-16(17-18-11-7-12-19-17)15-9-6-8-14(2)13-15;2*1-2/h6-9,11-13,16H,3-5,10H2,1-2H3;2*1-2H3. The van der Waals surface area contributed by atoms with Crippen LogP contribution in [0.25, 0.3) is 0 Å². The van der Waals surface area contributed by atoms with Gasteiger partial charge in [-0.1, -0.05) is 83.7 Å². The summed E-state index contributed by atoms with van der Waals surface area (Å²) < 4.78 is 0. The fraction of sp³-hybridized carbons (Fsp3) is 0.524. The number of nitrogens with zero attached hydrogens (tertiary/aromatic N) is 2. The molecule has 2 nitrogen and oxygen atoms in total. The zero-order valence-corrected chi connectivity index (χ0v) is 15.8. The molecule has 0 aliphatic heterocycles. The van der Waals surface area contributed by atoms with Gasteiger partial charge in [-0.15, -0.1) is 0 Å². The average Bonchev–Trinajstić information content (AvgIpc) is 2.63. The van der Waals surface area contributed by atoms with Crippen LogP contribution in [0.5, 0.6) is 0 Å². The van der Waals surface area contributed by atoms with Gasteiger partial charge in [0.2, 0.25) is 0 Å². The molecule has 1 heterocycles. The molecule has 0 saturated heterocycles. The first-order valence-electron chi connectivity index (χ1n) is 9.14. The third kappa shape index (κ3) is 7.92. The van der Waals surface area contributed by atoms with Crippen LogP contribution < -0.4 is 0 Å². The number of aromatic nitrogens is 2. The van der Waals surface area contributed by atoms with E-state index in [-0.39, 0.29) is 0 Å². The second kappa shape index (κ2) is 13.9. The Labute approximate surface area is 143 Å². The highest BCUT2D eigenvalue weighted by atomic mass is 14.9. The maximum absolute atomic E-state index is 4.45. The predicted octanol–water partition coefficient (Wildman–Crippen LogP) is 6.55. The van der Waals surface area contributed by atoms with Gasteiger partial charge in [0.1, 0.15) is 5.82 Å². The lowest BCUT2D eigenvalue weighted by Crippen LogP contribution is -2.06. The summed E-state index contributed by atoms with van der Waals surface area (Å²) in [6.45, 7) is 12.4. The van der Waals surface area contributed by atoms with Crippen molar-refractivity contribution in [3.63, 3.8) is 0 Å². The molecule has 0 aliphatic rings. The van der Waals surface area contributed by atoms with Gasteiger partial charge in [0.15, 0.2) is 0 Å². The van der Waals surface area contributed by atoms with E-state index in [1.54, 1.807) is 0 Å². The molecule has 1 unspecified atom stereocenters. The van der Waals surface area contributed by atoms with E-state index in [4.69, 9.17) is 0 Å². The van der Waals surface area contributed by atoms with Gasteiger partial charge in [-0.05, 0) is 25.0 Å². The van der Waals surface area contributed by atoms with Crippen molar-refractivity contribution in [1.82, 2.24) is 9.97 Å². The number of aryl methyl sites for hydroxylation is 1. The first-order chi connectivity index (χ1) is 11.3. The second-order valence-corrected chi connectivity index (χ2v) is 5.07. The fourth-order valence-corrected chi connectivity index (χ4v) is 2.42. The first kappa shape index (κ1) is 21.3. The molecule has 1 aromatic carbocycles. The molecule has 1 aromatic heterocycles. The van der Waals surface area contributed by atoms with Gasteiger partial charge in [0.05, 0.1) is 0 Å². The highest BCUT2D eigenvalue weighted by molar-refractivity contribution is 5.29. The smallest absolute Gasteiger partial charge is 0.135 e. The molecule has 23 heavy (non-hydrogen) atoms. The van der Waals surface area contributed by atoms with Crippen LogP contribution >= 0.6 is 0 Å². The van der Waals surface area contributed by atoms with Gasteiger partial charge in [-0.2, -0.15) is 0 Å². The largest absolute Gasteiger partial charge is 0.241 e. The monoisotopic (exact) mass is 314 g/mol. The molecule has 0 spiro atoms. The zero-order chi connectivity index (χ0) is 17.5. The Morgan fingerprint density at radius 3 is 2.13 bits per heavy atom. The van der Waals surface area contributed by atoms with E-state index in [2.05, 4.69) is 48.1 Å². The molecule has 0 aliphatic carbocycles. The summed E-state index contributed by atoms with van der Waals surface area (Å²) in [5.74, 6) is 1.27. The number of benzene rings is 1. The van der Waals surface area contributed by atoms with Crippen LogP contribution in [-0.2, 0) is 0 Å². The first-order valence-corrected chi connectivity index (χ1v) is 9.14. The molecule has 0 bridgehead atoms. The predicted molar refractivity (Wildman–Crippen MR) is 102 cm³/mol. The summed E-state index contributed by atoms with van der Waals surface area (Å²) in [5.41, 5.74) is 2.64. The van der Waals surface area contributed by atoms with Crippen molar-refractivity contribution in [2.75, 3.05) is 0 Å². The molecule has 0 radical (unpaired) electrons. The molecule has 1 atom stereocenters. The minimum atomic E-state index is 0.327. The Balaban J connectivity index is 0.00000112. The summed E-state index contributed by atoms with van der Waals surface area (Å²) >= 11 is 0. The molecule has 2 aromatic rings. The van der Waals surface area contributed by atoms with Crippen LogP contribution in [0.1, 0.15) is 83.2 Å². The van der Waals surface area contributed by atoms with Crippen molar-refractivity contribution in [1.29, 1.82) is 0 Å². The third-order valence-electron chi connectivity index (χ3n) is 3.44. The maximum atomic E-state index is 4.45. The van der Waals surface area contributed by atoms with Crippen LogP contribution in [0.3, 0.4) is 0 Å². The lowest BCUT2D eigenvalue weighted by molar-refractivity contribution is 0.597.